The number of rotatable bonds is 4. The number of carbonyl (C=O) groups excluding carboxylic acids is 1. The van der Waals surface area contributed by atoms with Crippen LogP contribution in [0.2, 0.25) is 0 Å². The fourth-order valence-corrected chi connectivity index (χ4v) is 1.43. The van der Waals surface area contributed by atoms with Gasteiger partial charge in [0.05, 0.1) is 11.3 Å². The number of pyridine rings is 1. The highest BCUT2D eigenvalue weighted by molar-refractivity contribution is 6.07. The van der Waals surface area contributed by atoms with Crippen LogP contribution in [0.1, 0.15) is 17.3 Å². The Balaban J connectivity index is 2.18. The molecule has 0 aliphatic rings. The Hall–Kier alpha value is -2.37. The molecule has 2 aromatic rings. The molecule has 0 unspecified atom stereocenters. The summed E-state index contributed by atoms with van der Waals surface area (Å²) in [4.78, 5) is 22.6. The first kappa shape index (κ1) is 11.1. The molecule has 2 heterocycles. The zero-order chi connectivity index (χ0) is 12.1. The first-order chi connectivity index (χ1) is 8.31. The van der Waals surface area contributed by atoms with Crippen molar-refractivity contribution in [1.82, 2.24) is 15.0 Å². The van der Waals surface area contributed by atoms with Gasteiger partial charge >= 0.3 is 0 Å². The zero-order valence-corrected chi connectivity index (χ0v) is 9.40. The molecule has 0 fully saturated rings. The molecule has 0 saturated carbocycles. The summed E-state index contributed by atoms with van der Waals surface area (Å²) >= 11 is 0. The molecule has 0 aliphatic heterocycles. The Labute approximate surface area is 98.5 Å². The number of aromatic amines is 1. The highest BCUT2D eigenvalue weighted by Crippen LogP contribution is 2.14. The summed E-state index contributed by atoms with van der Waals surface area (Å²) in [6.07, 6.45) is 6.38. The second-order valence-electron chi connectivity index (χ2n) is 3.34. The molecule has 0 aliphatic carbocycles. The van der Waals surface area contributed by atoms with E-state index in [4.69, 9.17) is 0 Å². The average molecular weight is 231 g/mol. The summed E-state index contributed by atoms with van der Waals surface area (Å²) in [5.41, 5.74) is 1.25. The Morgan fingerprint density at radius 2 is 2.35 bits per heavy atom. The number of aromatic nitrogens is 3. The van der Waals surface area contributed by atoms with Gasteiger partial charge in [-0.3, -0.25) is 15.1 Å². The molecular formula is C11H13N5O. The van der Waals surface area contributed by atoms with E-state index in [2.05, 4.69) is 25.6 Å². The predicted molar refractivity (Wildman–Crippen MR) is 64.9 cm³/mol. The fraction of sp³-hybridized carbons (Fsp3) is 0.182. The van der Waals surface area contributed by atoms with E-state index in [-0.39, 0.29) is 5.91 Å². The van der Waals surface area contributed by atoms with Crippen molar-refractivity contribution in [1.29, 1.82) is 0 Å². The van der Waals surface area contributed by atoms with Crippen molar-refractivity contribution >= 4 is 17.5 Å². The van der Waals surface area contributed by atoms with Gasteiger partial charge in [-0.15, -0.1) is 0 Å². The van der Waals surface area contributed by atoms with E-state index in [1.165, 1.54) is 6.20 Å². The second kappa shape index (κ2) is 5.11. The van der Waals surface area contributed by atoms with Crippen molar-refractivity contribution in [2.75, 3.05) is 17.2 Å². The van der Waals surface area contributed by atoms with E-state index in [0.29, 0.717) is 11.5 Å². The third kappa shape index (κ3) is 2.60. The maximum absolute atomic E-state index is 12.0. The first-order valence-electron chi connectivity index (χ1n) is 5.30. The average Bonchev–Trinajstić information content (AvgIpc) is 2.83. The van der Waals surface area contributed by atoms with Gasteiger partial charge in [-0.2, -0.15) is 0 Å². The smallest absolute Gasteiger partial charge is 0.261 e. The molecule has 0 spiro atoms. The predicted octanol–water partition coefficient (Wildman–Crippen LogP) is 1.49. The number of amides is 1. The molecule has 0 atom stereocenters. The lowest BCUT2D eigenvalue weighted by Crippen LogP contribution is -2.15. The molecule has 2 aromatic heterocycles. The molecule has 3 N–H and O–H groups in total. The maximum Gasteiger partial charge on any atom is 0.261 e. The SMILES string of the molecule is CCNc1ccncc1C(=O)Nc1ncc[nH]1. The molecule has 6 nitrogen and oxygen atoms in total. The van der Waals surface area contributed by atoms with E-state index in [1.54, 1.807) is 24.7 Å². The lowest BCUT2D eigenvalue weighted by atomic mass is 10.2. The van der Waals surface area contributed by atoms with Gasteiger partial charge in [0.25, 0.3) is 5.91 Å². The summed E-state index contributed by atoms with van der Waals surface area (Å²) in [6, 6.07) is 1.76. The third-order valence-electron chi connectivity index (χ3n) is 2.16. The van der Waals surface area contributed by atoms with E-state index >= 15 is 0 Å². The van der Waals surface area contributed by atoms with Crippen LogP contribution in [-0.4, -0.2) is 27.4 Å². The van der Waals surface area contributed by atoms with Gasteiger partial charge in [0.1, 0.15) is 0 Å². The largest absolute Gasteiger partial charge is 0.385 e. The van der Waals surface area contributed by atoms with Crippen LogP contribution in [0.5, 0.6) is 0 Å². The van der Waals surface area contributed by atoms with Gasteiger partial charge in [0, 0.05) is 31.3 Å². The summed E-state index contributed by atoms with van der Waals surface area (Å²) in [7, 11) is 0. The van der Waals surface area contributed by atoms with E-state index in [1.807, 2.05) is 6.92 Å². The van der Waals surface area contributed by atoms with Gasteiger partial charge in [-0.25, -0.2) is 4.98 Å². The Kier molecular flexibility index (Phi) is 3.34. The quantitative estimate of drug-likeness (QED) is 0.744. The van der Waals surface area contributed by atoms with Crippen LogP contribution in [0, 0.1) is 0 Å². The molecule has 0 saturated heterocycles. The summed E-state index contributed by atoms with van der Waals surface area (Å²) in [6.45, 7) is 2.71. The third-order valence-corrected chi connectivity index (χ3v) is 2.16. The van der Waals surface area contributed by atoms with Crippen LogP contribution in [0.15, 0.2) is 30.9 Å². The first-order valence-corrected chi connectivity index (χ1v) is 5.30. The number of hydrogen-bond donors (Lipinski definition) is 3. The molecule has 17 heavy (non-hydrogen) atoms. The summed E-state index contributed by atoms with van der Waals surface area (Å²) < 4.78 is 0. The van der Waals surface area contributed by atoms with Crippen LogP contribution in [0.25, 0.3) is 0 Å². The molecule has 6 heteroatoms. The Morgan fingerprint density at radius 3 is 3.06 bits per heavy atom. The number of nitrogens with one attached hydrogen (secondary N) is 3. The molecule has 2 rings (SSSR count). The summed E-state index contributed by atoms with van der Waals surface area (Å²) in [5, 5.41) is 5.76. The molecule has 0 radical (unpaired) electrons. The topological polar surface area (TPSA) is 82.7 Å². The lowest BCUT2D eigenvalue weighted by Gasteiger charge is -2.08. The van der Waals surface area contributed by atoms with Crippen LogP contribution >= 0.6 is 0 Å². The van der Waals surface area contributed by atoms with Crippen molar-refractivity contribution in [3.63, 3.8) is 0 Å². The molecule has 0 aromatic carbocycles. The number of nitrogens with zero attached hydrogens (tertiary/aromatic N) is 2. The minimum Gasteiger partial charge on any atom is -0.385 e. The monoisotopic (exact) mass is 231 g/mol. The lowest BCUT2D eigenvalue weighted by molar-refractivity contribution is 0.102. The molecule has 1 amide bonds. The molecule has 88 valence electrons. The highest BCUT2D eigenvalue weighted by Gasteiger charge is 2.11. The van der Waals surface area contributed by atoms with Gasteiger partial charge in [0.15, 0.2) is 0 Å². The van der Waals surface area contributed by atoms with Crippen molar-refractivity contribution < 1.29 is 4.79 Å². The molecular weight excluding hydrogens is 218 g/mol. The van der Waals surface area contributed by atoms with E-state index in [0.717, 1.165) is 12.2 Å². The fourth-order valence-electron chi connectivity index (χ4n) is 1.43. The van der Waals surface area contributed by atoms with Crippen molar-refractivity contribution in [2.45, 2.75) is 6.92 Å². The number of hydrogen-bond acceptors (Lipinski definition) is 4. The van der Waals surface area contributed by atoms with E-state index < -0.39 is 0 Å². The molecule has 0 bridgehead atoms. The normalized spacial score (nSPS) is 9.94. The number of imidazole rings is 1. The van der Waals surface area contributed by atoms with Gasteiger partial charge in [0.2, 0.25) is 5.95 Å². The minimum absolute atomic E-state index is 0.246. The minimum atomic E-state index is -0.246. The Morgan fingerprint density at radius 1 is 1.47 bits per heavy atom. The van der Waals surface area contributed by atoms with Crippen LogP contribution in [0.4, 0.5) is 11.6 Å². The van der Waals surface area contributed by atoms with Crippen molar-refractivity contribution in [2.24, 2.45) is 0 Å². The van der Waals surface area contributed by atoms with Crippen LogP contribution < -0.4 is 10.6 Å². The van der Waals surface area contributed by atoms with Gasteiger partial charge in [-0.1, -0.05) is 0 Å². The standard InChI is InChI=1S/C11H13N5O/c1-2-13-9-3-4-12-7-8(9)10(17)16-11-14-5-6-15-11/h3-7H,2H2,1H3,(H,12,13)(H2,14,15,16,17). The van der Waals surface area contributed by atoms with Crippen molar-refractivity contribution in [3.05, 3.63) is 36.4 Å². The number of anilines is 2. The van der Waals surface area contributed by atoms with Crippen molar-refractivity contribution in [3.8, 4) is 0 Å². The zero-order valence-electron chi connectivity index (χ0n) is 9.40. The highest BCUT2D eigenvalue weighted by atomic mass is 16.1. The maximum atomic E-state index is 12.0. The van der Waals surface area contributed by atoms with Crippen LogP contribution in [0.3, 0.4) is 0 Å². The number of H-pyrrole nitrogens is 1. The Bertz CT molecular complexity index is 494. The van der Waals surface area contributed by atoms with E-state index in [9.17, 15) is 4.79 Å². The van der Waals surface area contributed by atoms with Gasteiger partial charge < -0.3 is 10.3 Å². The number of carbonyl (C=O) groups is 1. The van der Waals surface area contributed by atoms with Gasteiger partial charge in [-0.05, 0) is 13.0 Å². The summed E-state index contributed by atoms with van der Waals surface area (Å²) in [5.74, 6) is 0.172. The van der Waals surface area contributed by atoms with Crippen LogP contribution in [-0.2, 0) is 0 Å². The second-order valence-corrected chi connectivity index (χ2v) is 3.34.